The average molecular weight is 872 g/mol. The maximum absolute atomic E-state index is 13.5. The number of anilines is 1. The number of ether oxygens (including phenoxy) is 6. The third kappa shape index (κ3) is 10.6. The third-order valence-corrected chi connectivity index (χ3v) is 13.7. The van der Waals surface area contributed by atoms with E-state index in [2.05, 4.69) is 23.0 Å². The highest BCUT2D eigenvalue weighted by molar-refractivity contribution is 8.00. The number of oxime groups is 1. The fourth-order valence-electron chi connectivity index (χ4n) is 9.47. The number of thioether (sulfide) groups is 1. The number of hydrogen-bond acceptors (Lipinski definition) is 13. The molecule has 1 saturated carbocycles. The lowest BCUT2D eigenvalue weighted by molar-refractivity contribution is -0.223. The van der Waals surface area contributed by atoms with Crippen LogP contribution in [-0.4, -0.2) is 90.7 Å². The predicted octanol–water partition coefficient (Wildman–Crippen LogP) is 8.85. The van der Waals surface area contributed by atoms with Gasteiger partial charge >= 0.3 is 6.09 Å². The van der Waals surface area contributed by atoms with E-state index in [4.69, 9.17) is 38.4 Å². The van der Waals surface area contributed by atoms with Gasteiger partial charge in [0.15, 0.2) is 0 Å². The van der Waals surface area contributed by atoms with E-state index in [0.717, 1.165) is 74.0 Å². The molecular weight excluding hydrogens is 811 g/mol. The molecule has 3 heterocycles. The molecule has 2 aliphatic heterocycles. The zero-order valence-electron chi connectivity index (χ0n) is 35.9. The fourth-order valence-corrected chi connectivity index (χ4v) is 10.9. The number of rotatable bonds is 21. The van der Waals surface area contributed by atoms with Crippen molar-refractivity contribution in [3.8, 4) is 23.0 Å². The zero-order chi connectivity index (χ0) is 43.3. The Balaban J connectivity index is 1.32. The lowest BCUT2D eigenvalue weighted by atomic mass is 9.56. The normalized spacial score (nSPS) is 25.7. The Morgan fingerprint density at radius 3 is 2.56 bits per heavy atom. The van der Waals surface area contributed by atoms with Gasteiger partial charge in [0.25, 0.3) is 0 Å². The summed E-state index contributed by atoms with van der Waals surface area (Å²) in [6.07, 6.45) is 15.5. The molecule has 1 amide bonds. The number of aromatic nitrogens is 1. The third-order valence-electron chi connectivity index (χ3n) is 12.4. The van der Waals surface area contributed by atoms with Crippen LogP contribution in [0.4, 0.5) is 10.5 Å². The molecular formula is C48H61N3O10S. The lowest BCUT2D eigenvalue weighted by Crippen LogP contribution is -2.64. The van der Waals surface area contributed by atoms with Crippen molar-refractivity contribution in [2.45, 2.75) is 93.9 Å². The van der Waals surface area contributed by atoms with E-state index in [-0.39, 0.29) is 48.7 Å². The first kappa shape index (κ1) is 45.4. The van der Waals surface area contributed by atoms with Crippen molar-refractivity contribution in [3.05, 3.63) is 96.4 Å². The molecule has 1 saturated heterocycles. The van der Waals surface area contributed by atoms with Gasteiger partial charge in [-0.25, -0.2) is 4.79 Å². The van der Waals surface area contributed by atoms with Gasteiger partial charge < -0.3 is 43.5 Å². The van der Waals surface area contributed by atoms with Crippen molar-refractivity contribution in [3.63, 3.8) is 0 Å². The molecule has 0 radical (unpaired) electrons. The Labute approximate surface area is 369 Å². The molecule has 3 N–H and O–H groups in total. The Bertz CT molecular complexity index is 2010. The van der Waals surface area contributed by atoms with Crippen LogP contribution in [0.5, 0.6) is 23.0 Å². The van der Waals surface area contributed by atoms with Crippen molar-refractivity contribution in [2.24, 2.45) is 22.9 Å². The summed E-state index contributed by atoms with van der Waals surface area (Å²) in [5.41, 5.74) is 4.41. The monoisotopic (exact) mass is 871 g/mol. The van der Waals surface area contributed by atoms with Crippen molar-refractivity contribution in [1.29, 1.82) is 0 Å². The van der Waals surface area contributed by atoms with Crippen LogP contribution >= 0.6 is 11.8 Å². The van der Waals surface area contributed by atoms with Crippen LogP contribution in [0.15, 0.2) is 90.4 Å². The largest absolute Gasteiger partial charge is 0.497 e. The number of unbranched alkanes of at least 4 members (excludes halogenated alkanes) is 2. The smallest absolute Gasteiger partial charge is 0.417 e. The van der Waals surface area contributed by atoms with Crippen LogP contribution < -0.4 is 24.3 Å². The van der Waals surface area contributed by atoms with Gasteiger partial charge in [0.1, 0.15) is 23.0 Å². The summed E-state index contributed by atoms with van der Waals surface area (Å²) in [4.78, 5) is 24.0. The first-order valence-electron chi connectivity index (χ1n) is 22.0. The van der Waals surface area contributed by atoms with Gasteiger partial charge in [0.2, 0.25) is 12.1 Å². The topological polar surface area (TPSA) is 159 Å². The van der Waals surface area contributed by atoms with Crippen LogP contribution in [0.3, 0.4) is 0 Å². The van der Waals surface area contributed by atoms with Gasteiger partial charge in [-0.2, -0.15) is 11.8 Å². The van der Waals surface area contributed by atoms with Gasteiger partial charge in [-0.05, 0) is 116 Å². The van der Waals surface area contributed by atoms with E-state index in [0.29, 0.717) is 54.6 Å². The molecule has 62 heavy (non-hydrogen) atoms. The van der Waals surface area contributed by atoms with E-state index < -0.39 is 18.2 Å². The van der Waals surface area contributed by atoms with E-state index in [1.165, 1.54) is 12.7 Å². The number of carbonyl (C=O) groups excluding carboxylic acids is 1. The SMILES string of the molecule is C=CCOC12Oc3ccc(OC(=O)Nc4ccc(OC)cc4OC)cc3C3C(CCCCO)C(CCCCO)C=C(C(=NOC4CCCCO4)CC1SCCc1ccncc1)C32. The van der Waals surface area contributed by atoms with Crippen LogP contribution in [0.2, 0.25) is 0 Å². The summed E-state index contributed by atoms with van der Waals surface area (Å²) in [7, 11) is 3.09. The van der Waals surface area contributed by atoms with Crippen molar-refractivity contribution in [2.75, 3.05) is 51.7 Å². The highest BCUT2D eigenvalue weighted by Gasteiger charge is 2.64. The van der Waals surface area contributed by atoms with Crippen molar-refractivity contribution < 1.29 is 48.3 Å². The van der Waals surface area contributed by atoms with Crippen molar-refractivity contribution >= 4 is 29.3 Å². The van der Waals surface area contributed by atoms with E-state index in [1.807, 2.05) is 48.4 Å². The molecule has 4 aliphatic rings. The summed E-state index contributed by atoms with van der Waals surface area (Å²) in [5, 5.41) is 27.4. The van der Waals surface area contributed by atoms with Gasteiger partial charge in [-0.1, -0.05) is 30.1 Å². The number of hydrogen-bond donors (Lipinski definition) is 3. The molecule has 1 aromatic heterocycles. The number of nitrogens with one attached hydrogen (secondary N) is 1. The molecule has 0 spiro atoms. The zero-order valence-corrected chi connectivity index (χ0v) is 36.7. The molecule has 13 nitrogen and oxygen atoms in total. The number of pyridine rings is 1. The molecule has 2 fully saturated rings. The molecule has 2 aliphatic carbocycles. The van der Waals surface area contributed by atoms with E-state index >= 15 is 0 Å². The second-order valence-electron chi connectivity index (χ2n) is 16.2. The Hall–Kier alpha value is -4.60. The molecule has 334 valence electrons. The minimum absolute atomic E-state index is 0.0837. The second kappa shape index (κ2) is 22.2. The van der Waals surface area contributed by atoms with Crippen molar-refractivity contribution in [1.82, 2.24) is 4.98 Å². The minimum Gasteiger partial charge on any atom is -0.497 e. The van der Waals surface area contributed by atoms with Gasteiger partial charge in [0.05, 0.1) is 50.0 Å². The summed E-state index contributed by atoms with van der Waals surface area (Å²) in [6, 6.07) is 14.8. The van der Waals surface area contributed by atoms with Gasteiger partial charge in [-0.3, -0.25) is 10.3 Å². The molecule has 14 heteroatoms. The predicted molar refractivity (Wildman–Crippen MR) is 239 cm³/mol. The van der Waals surface area contributed by atoms with Crippen LogP contribution in [0, 0.1) is 17.8 Å². The summed E-state index contributed by atoms with van der Waals surface area (Å²) < 4.78 is 37.2. The molecule has 7 rings (SSSR count). The maximum atomic E-state index is 13.5. The summed E-state index contributed by atoms with van der Waals surface area (Å²) in [6.45, 7) is 5.16. The number of allylic oxidation sites excluding steroid dienone is 1. The summed E-state index contributed by atoms with van der Waals surface area (Å²) in [5.74, 6) is 1.37. The maximum Gasteiger partial charge on any atom is 0.417 e. The number of aliphatic hydroxyl groups is 2. The first-order valence-corrected chi connectivity index (χ1v) is 23.0. The highest BCUT2D eigenvalue weighted by Crippen LogP contribution is 2.62. The molecule has 0 bridgehead atoms. The van der Waals surface area contributed by atoms with Gasteiger partial charge in [-0.15, -0.1) is 6.58 Å². The number of aryl methyl sites for hydroxylation is 1. The number of carbonyl (C=O) groups is 1. The molecule has 2 aromatic carbocycles. The number of amides is 1. The molecule has 7 atom stereocenters. The van der Waals surface area contributed by atoms with Crippen LogP contribution in [0.25, 0.3) is 0 Å². The lowest BCUT2D eigenvalue weighted by Gasteiger charge is -2.58. The fraction of sp³-hybridized carbons (Fsp3) is 0.521. The summed E-state index contributed by atoms with van der Waals surface area (Å²) >= 11 is 1.81. The van der Waals surface area contributed by atoms with E-state index in [9.17, 15) is 15.0 Å². The first-order chi connectivity index (χ1) is 30.4. The highest BCUT2D eigenvalue weighted by atomic mass is 32.2. The van der Waals surface area contributed by atoms with Gasteiger partial charge in [0, 0.05) is 56.0 Å². The quantitative estimate of drug-likeness (QED) is 0.0531. The Morgan fingerprint density at radius 2 is 1.82 bits per heavy atom. The van der Waals surface area contributed by atoms with Crippen LogP contribution in [-0.2, 0) is 20.7 Å². The molecule has 7 unspecified atom stereocenters. The molecule has 3 aromatic rings. The number of nitrogens with zero attached hydrogens (tertiary/aromatic N) is 2. The average Bonchev–Trinajstić information content (AvgIpc) is 3.30. The Morgan fingerprint density at radius 1 is 1.02 bits per heavy atom. The minimum atomic E-state index is -1.13. The van der Waals surface area contributed by atoms with Crippen LogP contribution in [0.1, 0.15) is 81.3 Å². The van der Waals surface area contributed by atoms with E-state index in [1.54, 1.807) is 37.5 Å². The number of aliphatic hydroxyl groups excluding tert-OH is 2. The number of fused-ring (bicyclic) bond motifs is 2. The number of benzene rings is 2. The number of methoxy groups -OCH3 is 2. The second-order valence-corrected chi connectivity index (χ2v) is 17.5. The Kier molecular flexibility index (Phi) is 16.2. The standard InChI is InChI=1S/C48H61N3O10S/c1-4-25-58-48-43(62-27-20-32-18-21-49-22-19-32)31-40(51-61-44-13-7-10-26-57-44)37-28-33(11-5-8-23-52)36(12-6-9-24-53)45(46(37)48)38-29-35(15-17-41(38)60-48)59-47(54)50-39-16-14-34(55-2)30-42(39)56-3/h4,14-19,21-22,28-30,33,36,43-46,52-53H,1,5-13,20,23-27,31H2,2-3H3,(H,50,54).